The van der Waals surface area contributed by atoms with Crippen molar-refractivity contribution >= 4 is 50.7 Å². The molecule has 0 saturated carbocycles. The van der Waals surface area contributed by atoms with E-state index in [9.17, 15) is 0 Å². The second kappa shape index (κ2) is 6.36. The van der Waals surface area contributed by atoms with Gasteiger partial charge in [0.1, 0.15) is 5.75 Å². The van der Waals surface area contributed by atoms with E-state index in [1.54, 1.807) is 25.3 Å². The van der Waals surface area contributed by atoms with Crippen molar-refractivity contribution in [3.05, 3.63) is 62.0 Å². The summed E-state index contributed by atoms with van der Waals surface area (Å²) >= 11 is 21.9. The van der Waals surface area contributed by atoms with E-state index in [2.05, 4.69) is 15.9 Å². The van der Waals surface area contributed by atoms with Crippen LogP contribution >= 0.6 is 50.7 Å². The summed E-state index contributed by atoms with van der Waals surface area (Å²) in [5, 5.41) is 0.730. The predicted molar refractivity (Wildman–Crippen MR) is 84.9 cm³/mol. The molecule has 100 valence electrons. The summed E-state index contributed by atoms with van der Waals surface area (Å²) in [5.41, 5.74) is 1.69. The quantitative estimate of drug-likeness (QED) is 0.585. The smallest absolute Gasteiger partial charge is 0.123 e. The van der Waals surface area contributed by atoms with Crippen molar-refractivity contribution in [2.24, 2.45) is 0 Å². The molecule has 0 N–H and O–H groups in total. The maximum Gasteiger partial charge on any atom is 0.123 e. The Balaban J connectivity index is 2.48. The van der Waals surface area contributed by atoms with Crippen LogP contribution in [0.1, 0.15) is 16.5 Å². The summed E-state index contributed by atoms with van der Waals surface area (Å²) in [6.45, 7) is 0. The lowest BCUT2D eigenvalue weighted by atomic mass is 10.0. The van der Waals surface area contributed by atoms with Gasteiger partial charge in [-0.15, -0.1) is 11.6 Å². The van der Waals surface area contributed by atoms with Gasteiger partial charge in [-0.05, 0) is 42.0 Å². The molecule has 1 unspecified atom stereocenters. The molecule has 0 amide bonds. The summed E-state index contributed by atoms with van der Waals surface area (Å²) in [7, 11) is 1.61. The van der Waals surface area contributed by atoms with Crippen molar-refractivity contribution < 1.29 is 4.74 Å². The maximum atomic E-state index is 6.51. The fourth-order valence-electron chi connectivity index (χ4n) is 1.80. The first-order valence-corrected chi connectivity index (χ1v) is 7.43. The van der Waals surface area contributed by atoms with Gasteiger partial charge >= 0.3 is 0 Å². The van der Waals surface area contributed by atoms with Gasteiger partial charge in [-0.3, -0.25) is 0 Å². The molecule has 5 heteroatoms. The summed E-state index contributed by atoms with van der Waals surface area (Å²) in [6, 6.07) is 11.0. The number of hydrogen-bond acceptors (Lipinski definition) is 1. The molecule has 0 aliphatic heterocycles. The number of rotatable bonds is 3. The average molecular weight is 380 g/mol. The molecule has 1 atom stereocenters. The second-order valence-electron chi connectivity index (χ2n) is 3.95. The minimum atomic E-state index is -0.386. The monoisotopic (exact) mass is 378 g/mol. The van der Waals surface area contributed by atoms with E-state index in [-0.39, 0.29) is 5.38 Å². The highest BCUT2D eigenvalue weighted by atomic mass is 79.9. The Hall–Kier alpha value is -0.410. The Morgan fingerprint density at radius 2 is 1.68 bits per heavy atom. The summed E-state index contributed by atoms with van der Waals surface area (Å²) in [5.74, 6) is 0.722. The number of benzene rings is 2. The lowest BCUT2D eigenvalue weighted by molar-refractivity contribution is 0.410. The van der Waals surface area contributed by atoms with E-state index < -0.39 is 0 Å². The van der Waals surface area contributed by atoms with Crippen LogP contribution in [0.4, 0.5) is 0 Å². The highest BCUT2D eigenvalue weighted by Gasteiger charge is 2.17. The van der Waals surface area contributed by atoms with Gasteiger partial charge in [0, 0.05) is 20.1 Å². The molecule has 0 saturated heterocycles. The van der Waals surface area contributed by atoms with Crippen molar-refractivity contribution in [3.8, 4) is 5.75 Å². The highest BCUT2D eigenvalue weighted by molar-refractivity contribution is 9.10. The largest absolute Gasteiger partial charge is 0.496 e. The number of hydrogen-bond donors (Lipinski definition) is 0. The molecule has 0 aliphatic rings. The molecular formula is C14H10BrCl3O. The molecule has 0 fully saturated rings. The number of halogens is 4. The van der Waals surface area contributed by atoms with Crippen LogP contribution in [0.15, 0.2) is 40.9 Å². The first-order chi connectivity index (χ1) is 9.01. The van der Waals surface area contributed by atoms with Crippen LogP contribution in [0, 0.1) is 0 Å². The van der Waals surface area contributed by atoms with Crippen LogP contribution in [-0.2, 0) is 0 Å². The van der Waals surface area contributed by atoms with Crippen molar-refractivity contribution in [2.45, 2.75) is 5.38 Å². The molecule has 0 aromatic heterocycles. The molecule has 0 heterocycles. The van der Waals surface area contributed by atoms with Crippen molar-refractivity contribution in [2.75, 3.05) is 7.11 Å². The fourth-order valence-corrected chi connectivity index (χ4v) is 3.02. The standard InChI is InChI=1S/C14H10BrCl3O/c1-19-13-3-2-9(15)6-12(13)14(18)8-4-10(16)7-11(17)5-8/h2-7,14H,1H3. The third kappa shape index (κ3) is 3.57. The van der Waals surface area contributed by atoms with Gasteiger partial charge in [0.2, 0.25) is 0 Å². The minimum Gasteiger partial charge on any atom is -0.496 e. The van der Waals surface area contributed by atoms with E-state index in [1.807, 2.05) is 18.2 Å². The van der Waals surface area contributed by atoms with Gasteiger partial charge in [0.05, 0.1) is 12.5 Å². The number of methoxy groups -OCH3 is 1. The molecule has 1 nitrogen and oxygen atoms in total. The molecule has 2 aromatic rings. The van der Waals surface area contributed by atoms with Crippen molar-refractivity contribution in [1.29, 1.82) is 0 Å². The van der Waals surface area contributed by atoms with Crippen molar-refractivity contribution in [3.63, 3.8) is 0 Å². The molecule has 0 aliphatic carbocycles. The SMILES string of the molecule is COc1ccc(Br)cc1C(Cl)c1cc(Cl)cc(Cl)c1. The van der Waals surface area contributed by atoms with E-state index in [1.165, 1.54) is 0 Å². The third-order valence-corrected chi connectivity index (χ3v) is 4.06. The zero-order chi connectivity index (χ0) is 14.0. The zero-order valence-corrected chi connectivity index (χ0v) is 13.8. The summed E-state index contributed by atoms with van der Waals surface area (Å²) in [4.78, 5) is 0. The zero-order valence-electron chi connectivity index (χ0n) is 9.96. The van der Waals surface area contributed by atoms with Crippen LogP contribution in [0.2, 0.25) is 10.0 Å². The topological polar surface area (TPSA) is 9.23 Å². The van der Waals surface area contributed by atoms with Gasteiger partial charge in [-0.1, -0.05) is 39.1 Å². The number of ether oxygens (including phenoxy) is 1. The molecule has 0 bridgehead atoms. The van der Waals surface area contributed by atoms with Crippen LogP contribution in [-0.4, -0.2) is 7.11 Å². The second-order valence-corrected chi connectivity index (χ2v) is 6.18. The lowest BCUT2D eigenvalue weighted by Crippen LogP contribution is -1.98. The van der Waals surface area contributed by atoms with Crippen LogP contribution < -0.4 is 4.74 Å². The Morgan fingerprint density at radius 1 is 1.05 bits per heavy atom. The van der Waals surface area contributed by atoms with Crippen molar-refractivity contribution in [1.82, 2.24) is 0 Å². The van der Waals surface area contributed by atoms with Gasteiger partial charge in [0.25, 0.3) is 0 Å². The minimum absolute atomic E-state index is 0.386. The number of alkyl halides is 1. The molecule has 0 spiro atoms. The fraction of sp³-hybridized carbons (Fsp3) is 0.143. The van der Waals surface area contributed by atoms with Gasteiger partial charge in [-0.25, -0.2) is 0 Å². The predicted octanol–water partition coefficient (Wildman–Crippen LogP) is 6.09. The summed E-state index contributed by atoms with van der Waals surface area (Å²) in [6.07, 6.45) is 0. The Morgan fingerprint density at radius 3 is 2.26 bits per heavy atom. The van der Waals surface area contributed by atoms with E-state index in [0.717, 1.165) is 21.3 Å². The third-order valence-electron chi connectivity index (χ3n) is 2.64. The Kier molecular flexibility index (Phi) is 5.02. The molecule has 2 rings (SSSR count). The molecule has 19 heavy (non-hydrogen) atoms. The first kappa shape index (κ1) is 15.0. The van der Waals surface area contributed by atoms with E-state index >= 15 is 0 Å². The average Bonchev–Trinajstić information content (AvgIpc) is 2.36. The molecular weight excluding hydrogens is 370 g/mol. The van der Waals surface area contributed by atoms with Crippen LogP contribution in [0.25, 0.3) is 0 Å². The van der Waals surface area contributed by atoms with Gasteiger partial charge < -0.3 is 4.74 Å². The van der Waals surface area contributed by atoms with Gasteiger partial charge in [0.15, 0.2) is 0 Å². The lowest BCUT2D eigenvalue weighted by Gasteiger charge is -2.15. The van der Waals surface area contributed by atoms with Crippen LogP contribution in [0.3, 0.4) is 0 Å². The maximum absolute atomic E-state index is 6.51. The summed E-state index contributed by atoms with van der Waals surface area (Å²) < 4.78 is 6.26. The van der Waals surface area contributed by atoms with E-state index in [4.69, 9.17) is 39.5 Å². The molecule has 2 aromatic carbocycles. The van der Waals surface area contributed by atoms with Gasteiger partial charge in [-0.2, -0.15) is 0 Å². The molecule has 0 radical (unpaired) electrons. The highest BCUT2D eigenvalue weighted by Crippen LogP contribution is 2.38. The first-order valence-electron chi connectivity index (χ1n) is 5.44. The van der Waals surface area contributed by atoms with E-state index in [0.29, 0.717) is 10.0 Å². The Bertz CT molecular complexity index is 581. The Labute approximate surface area is 135 Å². The van der Waals surface area contributed by atoms with Crippen LogP contribution in [0.5, 0.6) is 5.75 Å². The normalized spacial score (nSPS) is 12.3.